The first-order chi connectivity index (χ1) is 15.0. The first-order valence-electron chi connectivity index (χ1n) is 10.1. The molecule has 1 aliphatic rings. The van der Waals surface area contributed by atoms with Crippen molar-refractivity contribution in [2.24, 2.45) is 0 Å². The number of benzene rings is 2. The number of carbonyl (C=O) groups excluding carboxylic acids is 1. The van der Waals surface area contributed by atoms with Crippen LogP contribution in [0.15, 0.2) is 52.5 Å². The Morgan fingerprint density at radius 2 is 1.77 bits per heavy atom. The molecule has 2 N–H and O–H groups in total. The maximum Gasteiger partial charge on any atom is 0.338 e. The monoisotopic (exact) mass is 504 g/mol. The molecule has 0 saturated carbocycles. The number of rotatable bonds is 8. The van der Waals surface area contributed by atoms with Crippen LogP contribution in [-0.4, -0.2) is 30.9 Å². The van der Waals surface area contributed by atoms with Gasteiger partial charge in [-0.05, 0) is 72.2 Å². The molecule has 0 aromatic heterocycles. The van der Waals surface area contributed by atoms with Crippen molar-refractivity contribution in [2.75, 3.05) is 19.8 Å². The minimum absolute atomic E-state index is 0.263. The summed E-state index contributed by atoms with van der Waals surface area (Å²) in [7, 11) is 0. The van der Waals surface area contributed by atoms with E-state index in [-0.39, 0.29) is 6.61 Å². The number of esters is 1. The third kappa shape index (κ3) is 5.19. The van der Waals surface area contributed by atoms with Gasteiger partial charge in [0.05, 0.1) is 41.6 Å². The molecule has 1 unspecified atom stereocenters. The SMILES string of the molecule is CCOC(=O)C1=C(c2ccccc2)NC(=S)NC1c1cc(Br)c(OCC)c(OCC)c1. The van der Waals surface area contributed by atoms with Crippen LogP contribution < -0.4 is 20.1 Å². The largest absolute Gasteiger partial charge is 0.490 e. The topological polar surface area (TPSA) is 68.8 Å². The Bertz CT molecular complexity index is 995. The molecule has 0 fully saturated rings. The summed E-state index contributed by atoms with van der Waals surface area (Å²) in [5.74, 6) is 0.788. The summed E-state index contributed by atoms with van der Waals surface area (Å²) < 4.78 is 17.7. The van der Waals surface area contributed by atoms with Gasteiger partial charge in [-0.1, -0.05) is 30.3 Å². The van der Waals surface area contributed by atoms with Crippen LogP contribution in [0.25, 0.3) is 5.70 Å². The van der Waals surface area contributed by atoms with Crippen LogP contribution >= 0.6 is 28.1 Å². The highest BCUT2D eigenvalue weighted by atomic mass is 79.9. The van der Waals surface area contributed by atoms with Gasteiger partial charge >= 0.3 is 5.97 Å². The molecule has 31 heavy (non-hydrogen) atoms. The van der Waals surface area contributed by atoms with Crippen LogP contribution in [-0.2, 0) is 9.53 Å². The summed E-state index contributed by atoms with van der Waals surface area (Å²) in [4.78, 5) is 13.1. The molecule has 3 rings (SSSR count). The van der Waals surface area contributed by atoms with E-state index in [9.17, 15) is 4.79 Å². The van der Waals surface area contributed by atoms with Crippen LogP contribution in [0.5, 0.6) is 11.5 Å². The highest BCUT2D eigenvalue weighted by molar-refractivity contribution is 9.10. The molecule has 0 bridgehead atoms. The number of thiocarbonyl (C=S) groups is 1. The van der Waals surface area contributed by atoms with Crippen LogP contribution in [0.4, 0.5) is 0 Å². The second-order valence-electron chi connectivity index (χ2n) is 6.60. The Morgan fingerprint density at radius 3 is 2.42 bits per heavy atom. The van der Waals surface area contributed by atoms with Gasteiger partial charge in [-0.2, -0.15) is 0 Å². The van der Waals surface area contributed by atoms with Gasteiger partial charge < -0.3 is 24.8 Å². The molecular weight excluding hydrogens is 480 g/mol. The van der Waals surface area contributed by atoms with Crippen molar-refractivity contribution in [2.45, 2.75) is 26.8 Å². The Hall–Kier alpha value is -2.58. The average molecular weight is 505 g/mol. The minimum Gasteiger partial charge on any atom is -0.490 e. The molecule has 0 aliphatic carbocycles. The first kappa shape index (κ1) is 23.1. The van der Waals surface area contributed by atoms with Crippen molar-refractivity contribution in [1.29, 1.82) is 0 Å². The molecule has 8 heteroatoms. The number of ether oxygens (including phenoxy) is 3. The lowest BCUT2D eigenvalue weighted by Crippen LogP contribution is -2.45. The molecule has 1 aliphatic heterocycles. The van der Waals surface area contributed by atoms with Gasteiger partial charge in [-0.15, -0.1) is 0 Å². The summed E-state index contributed by atoms with van der Waals surface area (Å²) in [6.07, 6.45) is 0. The lowest BCUT2D eigenvalue weighted by molar-refractivity contribution is -0.138. The van der Waals surface area contributed by atoms with E-state index in [1.54, 1.807) is 6.92 Å². The Kier molecular flexibility index (Phi) is 7.92. The number of nitrogens with one attached hydrogen (secondary N) is 2. The van der Waals surface area contributed by atoms with Crippen LogP contribution in [0.3, 0.4) is 0 Å². The van der Waals surface area contributed by atoms with Gasteiger partial charge in [0.25, 0.3) is 0 Å². The van der Waals surface area contributed by atoms with Gasteiger partial charge in [0.15, 0.2) is 16.6 Å². The van der Waals surface area contributed by atoms with E-state index in [0.29, 0.717) is 41.1 Å². The summed E-state index contributed by atoms with van der Waals surface area (Å²) in [5, 5.41) is 6.77. The third-order valence-electron chi connectivity index (χ3n) is 4.58. The van der Waals surface area contributed by atoms with E-state index in [1.807, 2.05) is 56.3 Å². The summed E-state index contributed by atoms with van der Waals surface area (Å²) >= 11 is 9.06. The molecular formula is C23H25BrN2O4S. The maximum absolute atomic E-state index is 13.1. The highest BCUT2D eigenvalue weighted by Gasteiger charge is 2.34. The smallest absolute Gasteiger partial charge is 0.338 e. The van der Waals surface area contributed by atoms with Gasteiger partial charge in [0, 0.05) is 0 Å². The zero-order chi connectivity index (χ0) is 22.4. The highest BCUT2D eigenvalue weighted by Crippen LogP contribution is 2.41. The fourth-order valence-corrected chi connectivity index (χ4v) is 4.17. The Labute approximate surface area is 196 Å². The van der Waals surface area contributed by atoms with Gasteiger partial charge in [0.2, 0.25) is 0 Å². The van der Waals surface area contributed by atoms with Crippen molar-refractivity contribution in [3.05, 3.63) is 63.6 Å². The molecule has 0 spiro atoms. The maximum atomic E-state index is 13.1. The Balaban J connectivity index is 2.19. The number of hydrogen-bond donors (Lipinski definition) is 2. The van der Waals surface area contributed by atoms with Crippen molar-refractivity contribution in [3.8, 4) is 11.5 Å². The lowest BCUT2D eigenvalue weighted by Gasteiger charge is -2.31. The zero-order valence-electron chi connectivity index (χ0n) is 17.7. The molecule has 0 amide bonds. The molecule has 0 saturated heterocycles. The van der Waals surface area contributed by atoms with Crippen LogP contribution in [0.1, 0.15) is 37.9 Å². The second-order valence-corrected chi connectivity index (χ2v) is 7.87. The van der Waals surface area contributed by atoms with Gasteiger partial charge in [-0.25, -0.2) is 4.79 Å². The number of carbonyl (C=O) groups is 1. The predicted molar refractivity (Wildman–Crippen MR) is 128 cm³/mol. The number of halogens is 1. The van der Waals surface area contributed by atoms with E-state index < -0.39 is 12.0 Å². The van der Waals surface area contributed by atoms with Crippen LogP contribution in [0.2, 0.25) is 0 Å². The van der Waals surface area contributed by atoms with E-state index in [0.717, 1.165) is 15.6 Å². The van der Waals surface area contributed by atoms with Crippen molar-refractivity contribution in [1.82, 2.24) is 10.6 Å². The summed E-state index contributed by atoms with van der Waals surface area (Å²) in [6, 6.07) is 12.8. The Morgan fingerprint density at radius 1 is 1.06 bits per heavy atom. The summed E-state index contributed by atoms with van der Waals surface area (Å²) in [6.45, 7) is 6.84. The van der Waals surface area contributed by atoms with E-state index in [4.69, 9.17) is 26.4 Å². The molecule has 2 aromatic carbocycles. The molecule has 2 aromatic rings. The average Bonchev–Trinajstić information content (AvgIpc) is 2.76. The van der Waals surface area contributed by atoms with Crippen molar-refractivity contribution in [3.63, 3.8) is 0 Å². The minimum atomic E-state index is -0.533. The molecule has 164 valence electrons. The fraction of sp³-hybridized carbons (Fsp3) is 0.304. The predicted octanol–water partition coefficient (Wildman–Crippen LogP) is 4.74. The third-order valence-corrected chi connectivity index (χ3v) is 5.39. The zero-order valence-corrected chi connectivity index (χ0v) is 20.1. The quantitative estimate of drug-likeness (QED) is 0.397. The van der Waals surface area contributed by atoms with E-state index >= 15 is 0 Å². The van der Waals surface area contributed by atoms with Crippen molar-refractivity contribution < 1.29 is 19.0 Å². The van der Waals surface area contributed by atoms with Gasteiger partial charge in [-0.3, -0.25) is 0 Å². The van der Waals surface area contributed by atoms with Crippen molar-refractivity contribution >= 4 is 44.9 Å². The van der Waals surface area contributed by atoms with E-state index in [1.165, 1.54) is 0 Å². The van der Waals surface area contributed by atoms with Crippen LogP contribution in [0, 0.1) is 0 Å². The molecule has 6 nitrogen and oxygen atoms in total. The number of hydrogen-bond acceptors (Lipinski definition) is 5. The van der Waals surface area contributed by atoms with E-state index in [2.05, 4.69) is 26.6 Å². The molecule has 0 radical (unpaired) electrons. The lowest BCUT2D eigenvalue weighted by atomic mass is 9.92. The standard InChI is InChI=1S/C23H25BrN2O4S/c1-4-28-17-13-15(12-16(24)21(17)29-5-2)20-18(22(27)30-6-3)19(25-23(31)26-20)14-10-8-7-9-11-14/h7-13,20H,4-6H2,1-3H3,(H2,25,26,31). The molecule has 1 atom stereocenters. The fourth-order valence-electron chi connectivity index (χ4n) is 3.38. The summed E-state index contributed by atoms with van der Waals surface area (Å²) in [5.41, 5.74) is 2.70. The molecule has 1 heterocycles. The van der Waals surface area contributed by atoms with Gasteiger partial charge in [0.1, 0.15) is 0 Å². The first-order valence-corrected chi connectivity index (χ1v) is 11.3. The second kappa shape index (κ2) is 10.6. The normalized spacial score (nSPS) is 15.7.